The predicted molar refractivity (Wildman–Crippen MR) is 143 cm³/mol. The molecule has 3 aromatic rings. The molecule has 0 bridgehead atoms. The maximum absolute atomic E-state index is 13.6. The lowest BCUT2D eigenvalue weighted by Crippen LogP contribution is -2.49. The fourth-order valence-electron chi connectivity index (χ4n) is 5.27. The second-order valence-electron chi connectivity index (χ2n) is 9.28. The van der Waals surface area contributed by atoms with Crippen molar-refractivity contribution in [3.05, 3.63) is 48.0 Å². The SMILES string of the molecule is COc1cc(NC(=O)c2cc(N3CCC(N4CCOCC4)CC3)nc3ccccc23)cc(OC)c1OC. The van der Waals surface area contributed by atoms with Crippen LogP contribution in [0.3, 0.4) is 0 Å². The smallest absolute Gasteiger partial charge is 0.256 e. The van der Waals surface area contributed by atoms with Gasteiger partial charge < -0.3 is 29.2 Å². The molecule has 1 aromatic heterocycles. The lowest BCUT2D eigenvalue weighted by Gasteiger charge is -2.40. The number of anilines is 2. The molecule has 0 aliphatic carbocycles. The molecule has 196 valence electrons. The van der Waals surface area contributed by atoms with Gasteiger partial charge in [-0.2, -0.15) is 0 Å². The van der Waals surface area contributed by atoms with Crippen LogP contribution in [0.2, 0.25) is 0 Å². The molecule has 2 aromatic carbocycles. The topological polar surface area (TPSA) is 85.4 Å². The van der Waals surface area contributed by atoms with E-state index in [4.69, 9.17) is 23.9 Å². The summed E-state index contributed by atoms with van der Waals surface area (Å²) in [6.45, 7) is 5.45. The highest BCUT2D eigenvalue weighted by atomic mass is 16.5. The number of pyridine rings is 1. The summed E-state index contributed by atoms with van der Waals surface area (Å²) >= 11 is 0. The molecule has 3 heterocycles. The number of methoxy groups -OCH3 is 3. The summed E-state index contributed by atoms with van der Waals surface area (Å²) < 4.78 is 21.8. The van der Waals surface area contributed by atoms with E-state index in [-0.39, 0.29) is 5.91 Å². The zero-order valence-electron chi connectivity index (χ0n) is 21.7. The molecule has 2 aliphatic rings. The van der Waals surface area contributed by atoms with Crippen LogP contribution in [0.1, 0.15) is 23.2 Å². The molecule has 2 fully saturated rings. The minimum absolute atomic E-state index is 0.225. The van der Waals surface area contributed by atoms with Crippen LogP contribution < -0.4 is 24.4 Å². The Morgan fingerprint density at radius 2 is 1.62 bits per heavy atom. The summed E-state index contributed by atoms with van der Waals surface area (Å²) in [5.74, 6) is 2.02. The predicted octanol–water partition coefficient (Wildman–Crippen LogP) is 3.81. The van der Waals surface area contributed by atoms with Crippen molar-refractivity contribution in [2.45, 2.75) is 18.9 Å². The molecule has 0 unspecified atom stereocenters. The van der Waals surface area contributed by atoms with Gasteiger partial charge in [-0.25, -0.2) is 4.98 Å². The van der Waals surface area contributed by atoms with E-state index >= 15 is 0 Å². The molecule has 9 heteroatoms. The number of para-hydroxylation sites is 1. The molecule has 0 radical (unpaired) electrons. The summed E-state index contributed by atoms with van der Waals surface area (Å²) in [5.41, 5.74) is 1.92. The monoisotopic (exact) mass is 506 g/mol. The Hall–Kier alpha value is -3.56. The van der Waals surface area contributed by atoms with E-state index in [1.165, 1.54) is 0 Å². The van der Waals surface area contributed by atoms with E-state index in [1.807, 2.05) is 30.3 Å². The Balaban J connectivity index is 1.40. The van der Waals surface area contributed by atoms with E-state index in [9.17, 15) is 4.79 Å². The number of morpholine rings is 1. The second kappa shape index (κ2) is 11.2. The lowest BCUT2D eigenvalue weighted by atomic mass is 10.0. The summed E-state index contributed by atoms with van der Waals surface area (Å²) in [6, 6.07) is 13.7. The number of nitrogens with zero attached hydrogens (tertiary/aromatic N) is 3. The molecule has 1 N–H and O–H groups in total. The number of aromatic nitrogens is 1. The van der Waals surface area contributed by atoms with Crippen molar-refractivity contribution in [1.29, 1.82) is 0 Å². The van der Waals surface area contributed by atoms with Gasteiger partial charge >= 0.3 is 0 Å². The number of fused-ring (bicyclic) bond motifs is 1. The summed E-state index contributed by atoms with van der Waals surface area (Å²) in [5, 5.41) is 3.82. The number of hydrogen-bond acceptors (Lipinski definition) is 8. The normalized spacial score (nSPS) is 17.0. The highest BCUT2D eigenvalue weighted by molar-refractivity contribution is 6.13. The van der Waals surface area contributed by atoms with Gasteiger partial charge in [-0.1, -0.05) is 18.2 Å². The summed E-state index contributed by atoms with van der Waals surface area (Å²) in [4.78, 5) is 23.3. The maximum Gasteiger partial charge on any atom is 0.256 e. The number of benzene rings is 2. The van der Waals surface area contributed by atoms with Crippen LogP contribution in [0.5, 0.6) is 17.2 Å². The van der Waals surface area contributed by atoms with E-state index in [1.54, 1.807) is 33.5 Å². The Morgan fingerprint density at radius 3 is 2.27 bits per heavy atom. The van der Waals surface area contributed by atoms with E-state index < -0.39 is 0 Å². The number of nitrogens with one attached hydrogen (secondary N) is 1. The third-order valence-corrected chi connectivity index (χ3v) is 7.22. The van der Waals surface area contributed by atoms with E-state index in [0.717, 1.165) is 69.0 Å². The Kier molecular flexibility index (Phi) is 7.62. The van der Waals surface area contributed by atoms with Gasteiger partial charge in [0.15, 0.2) is 11.5 Å². The van der Waals surface area contributed by atoms with E-state index in [0.29, 0.717) is 34.5 Å². The molecular formula is C28H34N4O5. The van der Waals surface area contributed by atoms with E-state index in [2.05, 4.69) is 15.1 Å². The second-order valence-corrected chi connectivity index (χ2v) is 9.28. The van der Waals surface area contributed by atoms with Gasteiger partial charge in [0.05, 0.1) is 45.6 Å². The maximum atomic E-state index is 13.6. The van der Waals surface area contributed by atoms with Gasteiger partial charge in [0.25, 0.3) is 5.91 Å². The molecule has 2 aliphatic heterocycles. The van der Waals surface area contributed by atoms with Gasteiger partial charge in [-0.05, 0) is 25.0 Å². The van der Waals surface area contributed by atoms with Crippen molar-refractivity contribution in [3.63, 3.8) is 0 Å². The van der Waals surface area contributed by atoms with Crippen molar-refractivity contribution >= 4 is 28.3 Å². The number of carbonyl (C=O) groups excluding carboxylic acids is 1. The first kappa shape index (κ1) is 25.1. The molecular weight excluding hydrogens is 472 g/mol. The van der Waals surface area contributed by atoms with Crippen LogP contribution >= 0.6 is 0 Å². The van der Waals surface area contributed by atoms with Gasteiger partial charge in [0.2, 0.25) is 5.75 Å². The van der Waals surface area contributed by atoms with Crippen molar-refractivity contribution < 1.29 is 23.7 Å². The van der Waals surface area contributed by atoms with Crippen molar-refractivity contribution in [1.82, 2.24) is 9.88 Å². The van der Waals surface area contributed by atoms with Crippen molar-refractivity contribution in [2.24, 2.45) is 0 Å². The lowest BCUT2D eigenvalue weighted by molar-refractivity contribution is 0.0115. The molecule has 37 heavy (non-hydrogen) atoms. The molecule has 0 spiro atoms. The van der Waals surface area contributed by atoms with Crippen LogP contribution in [0.25, 0.3) is 10.9 Å². The highest BCUT2D eigenvalue weighted by Gasteiger charge is 2.27. The first-order chi connectivity index (χ1) is 18.1. The largest absolute Gasteiger partial charge is 0.493 e. The Morgan fingerprint density at radius 1 is 0.946 bits per heavy atom. The van der Waals surface area contributed by atoms with Gasteiger partial charge in [0.1, 0.15) is 5.82 Å². The minimum Gasteiger partial charge on any atom is -0.493 e. The molecule has 0 saturated carbocycles. The summed E-state index contributed by atoms with van der Waals surface area (Å²) in [6.07, 6.45) is 2.14. The van der Waals surface area contributed by atoms with Crippen LogP contribution in [0.15, 0.2) is 42.5 Å². The Bertz CT molecular complexity index is 1230. The first-order valence-electron chi connectivity index (χ1n) is 12.7. The van der Waals surface area contributed by atoms with Gasteiger partial charge in [-0.15, -0.1) is 0 Å². The number of ether oxygens (including phenoxy) is 4. The molecule has 0 atom stereocenters. The standard InChI is InChI=1S/C28H34N4O5/c1-34-24-16-19(17-25(35-2)27(24)36-3)29-28(33)22-18-26(30-23-7-5-4-6-21(22)23)32-10-8-20(9-11-32)31-12-14-37-15-13-31/h4-7,16-18,20H,8-15H2,1-3H3,(H,29,33). The highest BCUT2D eigenvalue weighted by Crippen LogP contribution is 2.40. The molecule has 9 nitrogen and oxygen atoms in total. The zero-order chi connectivity index (χ0) is 25.8. The van der Waals surface area contributed by atoms with Crippen LogP contribution in [0.4, 0.5) is 11.5 Å². The molecule has 1 amide bonds. The van der Waals surface area contributed by atoms with Crippen molar-refractivity contribution in [2.75, 3.05) is 70.9 Å². The van der Waals surface area contributed by atoms with Gasteiger partial charge in [-0.3, -0.25) is 9.69 Å². The van der Waals surface area contributed by atoms with Crippen LogP contribution in [-0.2, 0) is 4.74 Å². The number of hydrogen-bond donors (Lipinski definition) is 1. The average molecular weight is 507 g/mol. The van der Waals surface area contributed by atoms with Gasteiger partial charge in [0, 0.05) is 55.4 Å². The zero-order valence-corrected chi connectivity index (χ0v) is 21.7. The third kappa shape index (κ3) is 5.28. The fraction of sp³-hybridized carbons (Fsp3) is 0.429. The number of rotatable bonds is 7. The van der Waals surface area contributed by atoms with Crippen LogP contribution in [0, 0.1) is 0 Å². The first-order valence-corrected chi connectivity index (χ1v) is 12.7. The third-order valence-electron chi connectivity index (χ3n) is 7.22. The Labute approximate surface area is 217 Å². The molecule has 5 rings (SSSR count). The number of amides is 1. The average Bonchev–Trinajstić information content (AvgIpc) is 2.96. The minimum atomic E-state index is -0.225. The van der Waals surface area contributed by atoms with Crippen LogP contribution in [-0.4, -0.2) is 82.6 Å². The number of carbonyl (C=O) groups is 1. The van der Waals surface area contributed by atoms with Crippen molar-refractivity contribution in [3.8, 4) is 17.2 Å². The fourth-order valence-corrected chi connectivity index (χ4v) is 5.27. The summed E-state index contributed by atoms with van der Waals surface area (Å²) in [7, 11) is 4.65. The number of piperidine rings is 1. The molecule has 2 saturated heterocycles. The quantitative estimate of drug-likeness (QED) is 0.518.